The Bertz CT molecular complexity index is 685. The minimum Gasteiger partial charge on any atom is -0.462 e. The number of rotatable bonds is 5. The van der Waals surface area contributed by atoms with E-state index in [1.807, 2.05) is 24.3 Å². The van der Waals surface area contributed by atoms with Crippen molar-refractivity contribution in [3.8, 4) is 0 Å². The van der Waals surface area contributed by atoms with Crippen LogP contribution in [-0.4, -0.2) is 18.5 Å². The number of amides is 1. The molecule has 2 aromatic rings. The molecule has 4 nitrogen and oxygen atoms in total. The highest BCUT2D eigenvalue weighted by atomic mass is 79.9. The lowest BCUT2D eigenvalue weighted by molar-refractivity contribution is -0.115. The van der Waals surface area contributed by atoms with E-state index in [0.717, 1.165) is 10.0 Å². The lowest BCUT2D eigenvalue weighted by Gasteiger charge is -2.10. The smallest absolute Gasteiger partial charge is 0.340 e. The molecule has 0 unspecified atom stereocenters. The Balaban J connectivity index is 2.12. The van der Waals surface area contributed by atoms with Crippen molar-refractivity contribution in [2.24, 2.45) is 0 Å². The van der Waals surface area contributed by atoms with E-state index < -0.39 is 5.97 Å². The van der Waals surface area contributed by atoms with Crippen molar-refractivity contribution in [1.82, 2.24) is 0 Å². The van der Waals surface area contributed by atoms with Crippen molar-refractivity contribution >= 4 is 33.5 Å². The van der Waals surface area contributed by atoms with E-state index in [1.165, 1.54) is 0 Å². The molecule has 5 heteroatoms. The maximum Gasteiger partial charge on any atom is 0.340 e. The molecule has 1 amide bonds. The van der Waals surface area contributed by atoms with Crippen LogP contribution in [0.4, 0.5) is 5.69 Å². The molecule has 0 saturated heterocycles. The molecule has 0 bridgehead atoms. The first-order chi connectivity index (χ1) is 10.6. The highest BCUT2D eigenvalue weighted by Crippen LogP contribution is 2.19. The van der Waals surface area contributed by atoms with Crippen LogP contribution in [0.5, 0.6) is 0 Å². The van der Waals surface area contributed by atoms with Crippen molar-refractivity contribution in [3.63, 3.8) is 0 Å². The lowest BCUT2D eigenvalue weighted by atomic mass is 10.1. The van der Waals surface area contributed by atoms with Gasteiger partial charge in [-0.3, -0.25) is 4.79 Å². The highest BCUT2D eigenvalue weighted by Gasteiger charge is 2.14. The number of hydrogen-bond donors (Lipinski definition) is 1. The van der Waals surface area contributed by atoms with Crippen LogP contribution in [-0.2, 0) is 16.0 Å². The Morgan fingerprint density at radius 2 is 1.77 bits per heavy atom. The summed E-state index contributed by atoms with van der Waals surface area (Å²) < 4.78 is 5.87. The van der Waals surface area contributed by atoms with Gasteiger partial charge in [0.1, 0.15) is 0 Å². The molecule has 1 N–H and O–H groups in total. The number of carbonyl (C=O) groups excluding carboxylic acids is 2. The normalized spacial score (nSPS) is 10.1. The van der Waals surface area contributed by atoms with Crippen LogP contribution < -0.4 is 5.32 Å². The van der Waals surface area contributed by atoms with Gasteiger partial charge in [0, 0.05) is 4.47 Å². The van der Waals surface area contributed by atoms with Crippen LogP contribution in [0.25, 0.3) is 0 Å². The van der Waals surface area contributed by atoms with Gasteiger partial charge in [-0.05, 0) is 30.7 Å². The van der Waals surface area contributed by atoms with Gasteiger partial charge < -0.3 is 10.1 Å². The average Bonchev–Trinajstić information content (AvgIpc) is 2.50. The number of para-hydroxylation sites is 1. The third-order valence-electron chi connectivity index (χ3n) is 3.01. The van der Waals surface area contributed by atoms with Gasteiger partial charge in [0.2, 0.25) is 5.91 Å². The van der Waals surface area contributed by atoms with Gasteiger partial charge >= 0.3 is 5.97 Å². The fourth-order valence-electron chi connectivity index (χ4n) is 1.99. The zero-order valence-corrected chi connectivity index (χ0v) is 13.7. The third-order valence-corrected chi connectivity index (χ3v) is 3.78. The summed E-state index contributed by atoms with van der Waals surface area (Å²) in [5.41, 5.74) is 1.69. The number of carbonyl (C=O) groups is 2. The van der Waals surface area contributed by atoms with E-state index in [4.69, 9.17) is 4.74 Å². The first kappa shape index (κ1) is 16.2. The van der Waals surface area contributed by atoms with Gasteiger partial charge in [0.25, 0.3) is 0 Å². The minimum atomic E-state index is -0.445. The number of ether oxygens (including phenoxy) is 1. The van der Waals surface area contributed by atoms with Gasteiger partial charge in [0.05, 0.1) is 24.3 Å². The highest BCUT2D eigenvalue weighted by molar-refractivity contribution is 9.10. The topological polar surface area (TPSA) is 55.4 Å². The molecule has 0 saturated carbocycles. The average molecular weight is 362 g/mol. The Labute approximate surface area is 137 Å². The number of halogens is 1. The summed E-state index contributed by atoms with van der Waals surface area (Å²) in [6, 6.07) is 14.3. The Hall–Kier alpha value is -2.14. The summed E-state index contributed by atoms with van der Waals surface area (Å²) in [6.07, 6.45) is 0.221. The van der Waals surface area contributed by atoms with Crippen LogP contribution in [0.2, 0.25) is 0 Å². The summed E-state index contributed by atoms with van der Waals surface area (Å²) >= 11 is 3.41. The molecule has 0 spiro atoms. The molecule has 0 aliphatic carbocycles. The fourth-order valence-corrected chi connectivity index (χ4v) is 2.41. The molecular formula is C17H16BrNO3. The quantitative estimate of drug-likeness (QED) is 0.823. The molecule has 0 atom stereocenters. The first-order valence-corrected chi connectivity index (χ1v) is 7.70. The number of nitrogens with one attached hydrogen (secondary N) is 1. The van der Waals surface area contributed by atoms with E-state index in [0.29, 0.717) is 11.3 Å². The molecule has 0 aromatic heterocycles. The summed E-state index contributed by atoms with van der Waals surface area (Å²) in [6.45, 7) is 2.03. The summed E-state index contributed by atoms with van der Waals surface area (Å²) in [4.78, 5) is 24.1. The minimum absolute atomic E-state index is 0.191. The number of esters is 1. The molecule has 2 rings (SSSR count). The van der Waals surface area contributed by atoms with E-state index in [9.17, 15) is 9.59 Å². The van der Waals surface area contributed by atoms with E-state index in [1.54, 1.807) is 31.2 Å². The molecule has 0 heterocycles. The van der Waals surface area contributed by atoms with E-state index >= 15 is 0 Å². The molecule has 0 radical (unpaired) electrons. The van der Waals surface area contributed by atoms with Crippen molar-refractivity contribution in [2.45, 2.75) is 13.3 Å². The molecule has 0 aliphatic rings. The van der Waals surface area contributed by atoms with Crippen molar-refractivity contribution < 1.29 is 14.3 Å². The van der Waals surface area contributed by atoms with Crippen molar-refractivity contribution in [3.05, 3.63) is 64.1 Å². The number of anilines is 1. The second-order valence-corrected chi connectivity index (χ2v) is 5.44. The van der Waals surface area contributed by atoms with Crippen molar-refractivity contribution in [2.75, 3.05) is 11.9 Å². The number of benzene rings is 2. The van der Waals surface area contributed by atoms with Gasteiger partial charge in [-0.1, -0.05) is 46.3 Å². The van der Waals surface area contributed by atoms with Crippen molar-refractivity contribution in [1.29, 1.82) is 0 Å². The largest absolute Gasteiger partial charge is 0.462 e. The van der Waals surface area contributed by atoms with E-state index in [2.05, 4.69) is 21.2 Å². The molecule has 2 aromatic carbocycles. The second-order valence-electron chi connectivity index (χ2n) is 4.58. The maximum atomic E-state index is 12.2. The van der Waals surface area contributed by atoms with E-state index in [-0.39, 0.29) is 18.9 Å². The first-order valence-electron chi connectivity index (χ1n) is 6.91. The molecule has 22 heavy (non-hydrogen) atoms. The zero-order valence-electron chi connectivity index (χ0n) is 12.1. The van der Waals surface area contributed by atoms with Gasteiger partial charge in [-0.15, -0.1) is 0 Å². The van der Waals surface area contributed by atoms with Gasteiger partial charge in [-0.25, -0.2) is 4.79 Å². The molecular weight excluding hydrogens is 346 g/mol. The van der Waals surface area contributed by atoms with Crippen LogP contribution in [0.1, 0.15) is 22.8 Å². The van der Waals surface area contributed by atoms with Crippen LogP contribution in [0.3, 0.4) is 0 Å². The van der Waals surface area contributed by atoms with Gasteiger partial charge in [-0.2, -0.15) is 0 Å². The Kier molecular flexibility index (Phi) is 5.72. The zero-order chi connectivity index (χ0) is 15.9. The summed E-state index contributed by atoms with van der Waals surface area (Å²) in [5, 5.41) is 2.76. The monoisotopic (exact) mass is 361 g/mol. The summed E-state index contributed by atoms with van der Waals surface area (Å²) in [7, 11) is 0. The Morgan fingerprint density at radius 1 is 1.09 bits per heavy atom. The Morgan fingerprint density at radius 3 is 2.50 bits per heavy atom. The third kappa shape index (κ3) is 4.18. The maximum absolute atomic E-state index is 12.2. The van der Waals surface area contributed by atoms with Crippen LogP contribution >= 0.6 is 15.9 Å². The van der Waals surface area contributed by atoms with Gasteiger partial charge in [0.15, 0.2) is 0 Å². The predicted octanol–water partition coefficient (Wildman–Crippen LogP) is 3.81. The lowest BCUT2D eigenvalue weighted by Crippen LogP contribution is -2.17. The fraction of sp³-hybridized carbons (Fsp3) is 0.176. The second kappa shape index (κ2) is 7.75. The molecule has 0 fully saturated rings. The molecule has 114 valence electrons. The standard InChI is InChI=1S/C17H16BrNO3/c1-2-22-17(21)13-8-4-6-10-15(13)19-16(20)11-12-7-3-5-9-14(12)18/h3-10H,2,11H2,1H3,(H,19,20). The summed E-state index contributed by atoms with van der Waals surface area (Å²) in [5.74, 6) is -0.636. The predicted molar refractivity (Wildman–Crippen MR) is 88.9 cm³/mol. The number of hydrogen-bond acceptors (Lipinski definition) is 3. The van der Waals surface area contributed by atoms with Crippen LogP contribution in [0.15, 0.2) is 53.0 Å². The molecule has 0 aliphatic heterocycles. The van der Waals surface area contributed by atoms with Crippen LogP contribution in [0, 0.1) is 0 Å². The SMILES string of the molecule is CCOC(=O)c1ccccc1NC(=O)Cc1ccccc1Br.